The summed E-state index contributed by atoms with van der Waals surface area (Å²) in [5.74, 6) is -0.337. The quantitative estimate of drug-likeness (QED) is 0.795. The predicted octanol–water partition coefficient (Wildman–Crippen LogP) is 3.37. The van der Waals surface area contributed by atoms with Crippen LogP contribution in [0.4, 0.5) is 24.7 Å². The summed E-state index contributed by atoms with van der Waals surface area (Å²) in [5.41, 5.74) is -1.54. The lowest BCUT2D eigenvalue weighted by atomic mass is 10.1. The van der Waals surface area contributed by atoms with Crippen molar-refractivity contribution in [1.82, 2.24) is 15.1 Å². The van der Waals surface area contributed by atoms with Gasteiger partial charge in [-0.25, -0.2) is 0 Å². The van der Waals surface area contributed by atoms with Gasteiger partial charge in [-0.3, -0.25) is 4.79 Å². The summed E-state index contributed by atoms with van der Waals surface area (Å²) in [6.07, 6.45) is -4.65. The van der Waals surface area contributed by atoms with Crippen molar-refractivity contribution in [3.8, 4) is 0 Å². The fraction of sp³-hybridized carbons (Fsp3) is 0.312. The molecule has 2 N–H and O–H groups in total. The highest BCUT2D eigenvalue weighted by Crippen LogP contribution is 2.36. The van der Waals surface area contributed by atoms with Crippen LogP contribution in [0.25, 0.3) is 0 Å². The van der Waals surface area contributed by atoms with Crippen LogP contribution in [-0.2, 0) is 6.18 Å². The number of aromatic nitrogens is 2. The Morgan fingerprint density at radius 2 is 1.92 bits per heavy atom. The van der Waals surface area contributed by atoms with Crippen LogP contribution < -0.4 is 10.6 Å². The van der Waals surface area contributed by atoms with Crippen LogP contribution >= 0.6 is 11.6 Å². The van der Waals surface area contributed by atoms with E-state index in [1.165, 1.54) is 18.2 Å². The van der Waals surface area contributed by atoms with Crippen molar-refractivity contribution in [3.05, 3.63) is 46.6 Å². The molecule has 0 aliphatic heterocycles. The van der Waals surface area contributed by atoms with Crippen LogP contribution in [0.15, 0.2) is 30.3 Å². The monoisotopic (exact) mass is 387 g/mol. The number of halogens is 4. The molecule has 0 unspecified atom stereocenters. The largest absolute Gasteiger partial charge is 0.418 e. The van der Waals surface area contributed by atoms with Crippen LogP contribution in [0.5, 0.6) is 0 Å². The Balaban J connectivity index is 2.09. The van der Waals surface area contributed by atoms with Gasteiger partial charge in [0.05, 0.1) is 11.3 Å². The van der Waals surface area contributed by atoms with Crippen molar-refractivity contribution in [3.63, 3.8) is 0 Å². The summed E-state index contributed by atoms with van der Waals surface area (Å²) >= 11 is 5.61. The number of nitrogens with one attached hydrogen (secondary N) is 2. The molecule has 0 spiro atoms. The number of hydrogen-bond donors (Lipinski definition) is 2. The van der Waals surface area contributed by atoms with Gasteiger partial charge >= 0.3 is 6.18 Å². The molecule has 0 saturated carbocycles. The van der Waals surface area contributed by atoms with Gasteiger partial charge in [0, 0.05) is 18.1 Å². The first-order chi connectivity index (χ1) is 12.2. The lowest BCUT2D eigenvalue weighted by Crippen LogP contribution is -2.21. The van der Waals surface area contributed by atoms with E-state index in [0.29, 0.717) is 12.4 Å². The Hall–Kier alpha value is -2.39. The molecule has 1 aromatic heterocycles. The molecule has 0 fully saturated rings. The maximum atomic E-state index is 13.1. The van der Waals surface area contributed by atoms with Gasteiger partial charge in [0.15, 0.2) is 5.69 Å². The van der Waals surface area contributed by atoms with E-state index in [-0.39, 0.29) is 10.7 Å². The number of likely N-dealkylation sites (N-methyl/N-ethyl adjacent to an activating group) is 1. The van der Waals surface area contributed by atoms with Crippen molar-refractivity contribution in [2.45, 2.75) is 6.18 Å². The standard InChI is InChI=1S/C16H17ClF3N5O/c1-25(2)8-7-21-14-6-5-13(23-24-14)15(26)22-12-4-3-10(17)9-11(12)16(18,19)20/h3-6,9H,7-8H2,1-2H3,(H,21,24)(H,22,26). The number of carbonyl (C=O) groups excluding carboxylic acids is 1. The minimum atomic E-state index is -4.65. The zero-order valence-electron chi connectivity index (χ0n) is 14.1. The SMILES string of the molecule is CN(C)CCNc1ccc(C(=O)Nc2ccc(Cl)cc2C(F)(F)F)nn1. The smallest absolute Gasteiger partial charge is 0.367 e. The molecule has 10 heteroatoms. The molecule has 2 aromatic rings. The lowest BCUT2D eigenvalue weighted by Gasteiger charge is -2.14. The second-order valence-corrected chi connectivity index (χ2v) is 6.11. The highest BCUT2D eigenvalue weighted by molar-refractivity contribution is 6.30. The highest BCUT2D eigenvalue weighted by Gasteiger charge is 2.34. The van der Waals surface area contributed by atoms with Crippen molar-refractivity contribution in [1.29, 1.82) is 0 Å². The zero-order valence-corrected chi connectivity index (χ0v) is 14.8. The molecule has 6 nitrogen and oxygen atoms in total. The fourth-order valence-corrected chi connectivity index (χ4v) is 2.17. The summed E-state index contributed by atoms with van der Waals surface area (Å²) in [4.78, 5) is 14.1. The summed E-state index contributed by atoms with van der Waals surface area (Å²) in [7, 11) is 3.85. The molecule has 1 aromatic carbocycles. The number of rotatable bonds is 6. The van der Waals surface area contributed by atoms with Crippen molar-refractivity contribution in [2.24, 2.45) is 0 Å². The third-order valence-electron chi connectivity index (χ3n) is 3.30. The number of alkyl halides is 3. The van der Waals surface area contributed by atoms with Crippen LogP contribution in [-0.4, -0.2) is 48.2 Å². The van der Waals surface area contributed by atoms with Gasteiger partial charge in [-0.1, -0.05) is 11.6 Å². The number of carbonyl (C=O) groups is 1. The zero-order chi connectivity index (χ0) is 19.3. The molecule has 0 aliphatic carbocycles. The van der Waals surface area contributed by atoms with Gasteiger partial charge in [-0.05, 0) is 44.4 Å². The van der Waals surface area contributed by atoms with E-state index in [2.05, 4.69) is 20.8 Å². The normalized spacial score (nSPS) is 11.5. The predicted molar refractivity (Wildman–Crippen MR) is 93.5 cm³/mol. The Kier molecular flexibility index (Phi) is 6.38. The van der Waals surface area contributed by atoms with E-state index < -0.39 is 23.3 Å². The number of hydrogen-bond acceptors (Lipinski definition) is 5. The first kappa shape index (κ1) is 19.9. The minimum Gasteiger partial charge on any atom is -0.367 e. The maximum Gasteiger partial charge on any atom is 0.418 e. The summed E-state index contributed by atoms with van der Waals surface area (Å²) in [6.45, 7) is 1.41. The molecule has 2 rings (SSSR count). The molecule has 0 radical (unpaired) electrons. The average Bonchev–Trinajstić information content (AvgIpc) is 2.56. The molecule has 0 bridgehead atoms. The summed E-state index contributed by atoms with van der Waals surface area (Å²) in [6, 6.07) is 6.01. The Labute approximate surface area is 153 Å². The summed E-state index contributed by atoms with van der Waals surface area (Å²) in [5, 5.41) is 12.7. The van der Waals surface area contributed by atoms with Crippen LogP contribution in [0.3, 0.4) is 0 Å². The van der Waals surface area contributed by atoms with Crippen molar-refractivity contribution >= 4 is 29.0 Å². The third kappa shape index (κ3) is 5.57. The third-order valence-corrected chi connectivity index (χ3v) is 3.53. The molecule has 26 heavy (non-hydrogen) atoms. The number of amides is 1. The van der Waals surface area contributed by atoms with Crippen molar-refractivity contribution < 1.29 is 18.0 Å². The average molecular weight is 388 g/mol. The topological polar surface area (TPSA) is 70.2 Å². The van der Waals surface area contributed by atoms with Crippen molar-refractivity contribution in [2.75, 3.05) is 37.8 Å². The molecular formula is C16H17ClF3N5O. The van der Waals surface area contributed by atoms with Gasteiger partial charge in [0.25, 0.3) is 5.91 Å². The van der Waals surface area contributed by atoms with Crippen LogP contribution in [0.1, 0.15) is 16.1 Å². The molecule has 0 aliphatic rings. The van der Waals surface area contributed by atoms with E-state index in [4.69, 9.17) is 11.6 Å². The van der Waals surface area contributed by atoms with Gasteiger partial charge in [0.1, 0.15) is 5.82 Å². The molecule has 0 saturated heterocycles. The van der Waals surface area contributed by atoms with E-state index in [1.807, 2.05) is 19.0 Å². The molecule has 1 heterocycles. The maximum absolute atomic E-state index is 13.1. The molecule has 140 valence electrons. The molecular weight excluding hydrogens is 371 g/mol. The van der Waals surface area contributed by atoms with Gasteiger partial charge in [-0.2, -0.15) is 13.2 Å². The second kappa shape index (κ2) is 8.33. The minimum absolute atomic E-state index is 0.0803. The van der Waals surface area contributed by atoms with E-state index in [0.717, 1.165) is 18.7 Å². The highest BCUT2D eigenvalue weighted by atomic mass is 35.5. The Morgan fingerprint density at radius 1 is 1.19 bits per heavy atom. The molecule has 0 atom stereocenters. The summed E-state index contributed by atoms with van der Waals surface area (Å²) < 4.78 is 39.2. The van der Waals surface area contributed by atoms with Gasteiger partial charge in [0.2, 0.25) is 0 Å². The first-order valence-electron chi connectivity index (χ1n) is 7.57. The van der Waals surface area contributed by atoms with E-state index in [9.17, 15) is 18.0 Å². The van der Waals surface area contributed by atoms with Crippen LogP contribution in [0.2, 0.25) is 5.02 Å². The second-order valence-electron chi connectivity index (χ2n) is 5.68. The number of anilines is 2. The van der Waals surface area contributed by atoms with Crippen LogP contribution in [0, 0.1) is 0 Å². The first-order valence-corrected chi connectivity index (χ1v) is 7.95. The Bertz CT molecular complexity index is 765. The Morgan fingerprint density at radius 3 is 2.50 bits per heavy atom. The van der Waals surface area contributed by atoms with Gasteiger partial charge < -0.3 is 15.5 Å². The number of benzene rings is 1. The number of nitrogens with zero attached hydrogens (tertiary/aromatic N) is 3. The fourth-order valence-electron chi connectivity index (χ4n) is 2.00. The van der Waals surface area contributed by atoms with E-state index in [1.54, 1.807) is 0 Å². The van der Waals surface area contributed by atoms with Gasteiger partial charge in [-0.15, -0.1) is 10.2 Å². The van der Waals surface area contributed by atoms with E-state index >= 15 is 0 Å². The lowest BCUT2D eigenvalue weighted by molar-refractivity contribution is -0.136. The molecule has 1 amide bonds.